The molecule has 1 atom stereocenters. The number of fused-ring (bicyclic) bond motifs is 2. The van der Waals surface area contributed by atoms with E-state index in [1.165, 1.54) is 5.56 Å². The van der Waals surface area contributed by atoms with Gasteiger partial charge in [0, 0.05) is 28.8 Å². The molecule has 0 aliphatic carbocycles. The van der Waals surface area contributed by atoms with Crippen LogP contribution in [0, 0.1) is 0 Å². The predicted molar refractivity (Wildman–Crippen MR) is 71.2 cm³/mol. The van der Waals surface area contributed by atoms with Crippen molar-refractivity contribution in [2.75, 3.05) is 13.1 Å². The van der Waals surface area contributed by atoms with Gasteiger partial charge in [0.25, 0.3) is 0 Å². The minimum Gasteiger partial charge on any atom is -0.464 e. The summed E-state index contributed by atoms with van der Waals surface area (Å²) >= 11 is 6.37. The van der Waals surface area contributed by atoms with E-state index in [-0.39, 0.29) is 0 Å². The van der Waals surface area contributed by atoms with E-state index in [9.17, 15) is 0 Å². The largest absolute Gasteiger partial charge is 0.464 e. The maximum Gasteiger partial charge on any atom is 0.153 e. The lowest BCUT2D eigenvalue weighted by Crippen LogP contribution is -2.08. The molecule has 0 spiro atoms. The van der Waals surface area contributed by atoms with Gasteiger partial charge in [-0.1, -0.05) is 11.6 Å². The summed E-state index contributed by atoms with van der Waals surface area (Å²) in [6, 6.07) is 3.89. The van der Waals surface area contributed by atoms with Crippen molar-refractivity contribution in [1.82, 2.24) is 5.32 Å². The molecule has 1 fully saturated rings. The van der Waals surface area contributed by atoms with Gasteiger partial charge in [0.15, 0.2) is 5.58 Å². The first-order valence-electron chi connectivity index (χ1n) is 6.12. The Bertz CT molecular complexity index is 670. The molecule has 4 heteroatoms. The van der Waals surface area contributed by atoms with Crippen LogP contribution in [0.4, 0.5) is 0 Å². The fraction of sp³-hybridized carbons (Fsp3) is 0.286. The van der Waals surface area contributed by atoms with Crippen molar-refractivity contribution in [1.29, 1.82) is 0 Å². The zero-order valence-electron chi connectivity index (χ0n) is 9.70. The molecular weight excluding hydrogens is 250 g/mol. The third kappa shape index (κ3) is 1.29. The third-order valence-corrected chi connectivity index (χ3v) is 4.14. The number of hydrogen-bond acceptors (Lipinski definition) is 3. The molecule has 1 aliphatic rings. The standard InChI is InChI=1S/C14H12ClNO2/c15-12-10-3-6-17-13(10)11(8-1-4-16-7-8)9-2-5-18-14(9)12/h2-3,5-6,8,16H,1,4,7H2. The third-order valence-electron chi connectivity index (χ3n) is 3.77. The molecule has 0 radical (unpaired) electrons. The van der Waals surface area contributed by atoms with Crippen LogP contribution in [0.3, 0.4) is 0 Å². The van der Waals surface area contributed by atoms with Crippen molar-refractivity contribution in [2.24, 2.45) is 0 Å². The van der Waals surface area contributed by atoms with Crippen molar-refractivity contribution < 1.29 is 8.83 Å². The number of rotatable bonds is 1. The molecule has 1 unspecified atom stereocenters. The lowest BCUT2D eigenvalue weighted by atomic mass is 9.93. The maximum atomic E-state index is 6.37. The first-order valence-corrected chi connectivity index (χ1v) is 6.50. The van der Waals surface area contributed by atoms with Gasteiger partial charge in [-0.05, 0) is 25.1 Å². The van der Waals surface area contributed by atoms with Crippen LogP contribution in [0.2, 0.25) is 5.02 Å². The van der Waals surface area contributed by atoms with Crippen LogP contribution in [0.15, 0.2) is 33.5 Å². The van der Waals surface area contributed by atoms with E-state index in [1.807, 2.05) is 12.1 Å². The minimum absolute atomic E-state index is 0.469. The van der Waals surface area contributed by atoms with E-state index in [0.29, 0.717) is 10.9 Å². The molecule has 0 saturated carbocycles. The van der Waals surface area contributed by atoms with E-state index in [4.69, 9.17) is 20.4 Å². The fourth-order valence-electron chi connectivity index (χ4n) is 2.93. The monoisotopic (exact) mass is 261 g/mol. The van der Waals surface area contributed by atoms with Gasteiger partial charge >= 0.3 is 0 Å². The normalized spacial score (nSPS) is 20.2. The molecule has 1 aliphatic heterocycles. The summed E-state index contributed by atoms with van der Waals surface area (Å²) < 4.78 is 11.2. The van der Waals surface area contributed by atoms with E-state index >= 15 is 0 Å². The average Bonchev–Trinajstić information content (AvgIpc) is 3.11. The van der Waals surface area contributed by atoms with Gasteiger partial charge in [-0.2, -0.15) is 0 Å². The molecular formula is C14H12ClNO2. The highest BCUT2D eigenvalue weighted by Crippen LogP contribution is 2.41. The summed E-state index contributed by atoms with van der Waals surface area (Å²) in [6.07, 6.45) is 4.51. The lowest BCUT2D eigenvalue weighted by molar-refractivity contribution is 0.602. The molecule has 2 aromatic heterocycles. The van der Waals surface area contributed by atoms with Crippen molar-refractivity contribution in [3.63, 3.8) is 0 Å². The summed E-state index contributed by atoms with van der Waals surface area (Å²) in [5.41, 5.74) is 2.91. The Kier molecular flexibility index (Phi) is 2.19. The van der Waals surface area contributed by atoms with Crippen LogP contribution in [-0.2, 0) is 0 Å². The number of nitrogens with one attached hydrogen (secondary N) is 1. The molecule has 3 aromatic rings. The Morgan fingerprint density at radius 3 is 2.67 bits per heavy atom. The van der Waals surface area contributed by atoms with Crippen molar-refractivity contribution >= 4 is 33.5 Å². The smallest absolute Gasteiger partial charge is 0.153 e. The first-order chi connectivity index (χ1) is 8.86. The van der Waals surface area contributed by atoms with Crippen LogP contribution in [-0.4, -0.2) is 13.1 Å². The Morgan fingerprint density at radius 1 is 1.11 bits per heavy atom. The summed E-state index contributed by atoms with van der Waals surface area (Å²) in [6.45, 7) is 2.03. The van der Waals surface area contributed by atoms with Crippen molar-refractivity contribution in [3.8, 4) is 0 Å². The van der Waals surface area contributed by atoms with Crippen LogP contribution < -0.4 is 5.32 Å². The van der Waals surface area contributed by atoms with Crippen molar-refractivity contribution in [2.45, 2.75) is 12.3 Å². The molecule has 1 saturated heterocycles. The highest BCUT2D eigenvalue weighted by atomic mass is 35.5. The van der Waals surface area contributed by atoms with Gasteiger partial charge in [0.1, 0.15) is 5.58 Å². The fourth-order valence-corrected chi connectivity index (χ4v) is 3.23. The molecule has 4 rings (SSSR count). The summed E-state index contributed by atoms with van der Waals surface area (Å²) in [5, 5.41) is 6.07. The molecule has 1 N–H and O–H groups in total. The molecule has 3 nitrogen and oxygen atoms in total. The number of furan rings is 2. The second-order valence-electron chi connectivity index (χ2n) is 4.74. The molecule has 3 heterocycles. The number of halogens is 1. The average molecular weight is 262 g/mol. The molecule has 0 amide bonds. The van der Waals surface area contributed by atoms with Crippen LogP contribution in [0.1, 0.15) is 17.9 Å². The summed E-state index contributed by atoms with van der Waals surface area (Å²) in [4.78, 5) is 0. The second-order valence-corrected chi connectivity index (χ2v) is 5.12. The SMILES string of the molecule is Clc1c2ccoc2c(C2CCNC2)c2ccoc12. The Labute approximate surface area is 109 Å². The Balaban J connectivity index is 2.14. The van der Waals surface area contributed by atoms with E-state index < -0.39 is 0 Å². The predicted octanol–water partition coefficient (Wildman–Crippen LogP) is 3.91. The van der Waals surface area contributed by atoms with Gasteiger partial charge in [0.2, 0.25) is 0 Å². The first kappa shape index (κ1) is 10.5. The topological polar surface area (TPSA) is 38.3 Å². The zero-order valence-corrected chi connectivity index (χ0v) is 10.5. The lowest BCUT2D eigenvalue weighted by Gasteiger charge is -2.11. The minimum atomic E-state index is 0.469. The van der Waals surface area contributed by atoms with E-state index in [2.05, 4.69) is 5.32 Å². The summed E-state index contributed by atoms with van der Waals surface area (Å²) in [5.74, 6) is 0.469. The van der Waals surface area contributed by atoms with Crippen molar-refractivity contribution in [3.05, 3.63) is 35.2 Å². The highest BCUT2D eigenvalue weighted by Gasteiger charge is 2.25. The number of hydrogen-bond donors (Lipinski definition) is 1. The van der Waals surface area contributed by atoms with Gasteiger partial charge in [-0.25, -0.2) is 0 Å². The van der Waals surface area contributed by atoms with Crippen LogP contribution >= 0.6 is 11.6 Å². The second kappa shape index (κ2) is 3.77. The van der Waals surface area contributed by atoms with Gasteiger partial charge in [-0.15, -0.1) is 0 Å². The Hall–Kier alpha value is -1.45. The molecule has 18 heavy (non-hydrogen) atoms. The summed E-state index contributed by atoms with van der Waals surface area (Å²) in [7, 11) is 0. The Morgan fingerprint density at radius 2 is 1.89 bits per heavy atom. The van der Waals surface area contributed by atoms with Gasteiger partial charge < -0.3 is 14.2 Å². The van der Waals surface area contributed by atoms with Crippen LogP contribution in [0.5, 0.6) is 0 Å². The highest BCUT2D eigenvalue weighted by molar-refractivity contribution is 6.40. The van der Waals surface area contributed by atoms with E-state index in [1.54, 1.807) is 12.5 Å². The maximum absolute atomic E-state index is 6.37. The van der Waals surface area contributed by atoms with Gasteiger partial charge in [-0.3, -0.25) is 0 Å². The number of benzene rings is 1. The van der Waals surface area contributed by atoms with Crippen LogP contribution in [0.25, 0.3) is 21.9 Å². The molecule has 0 bridgehead atoms. The molecule has 92 valence electrons. The molecule has 1 aromatic carbocycles. The quantitative estimate of drug-likeness (QED) is 0.722. The zero-order chi connectivity index (χ0) is 12.1. The van der Waals surface area contributed by atoms with Gasteiger partial charge in [0.05, 0.1) is 17.5 Å². The van der Waals surface area contributed by atoms with E-state index in [0.717, 1.165) is 41.4 Å².